The Hall–Kier alpha value is -1.55. The number of hydrogen-bond acceptors (Lipinski definition) is 3. The number of rotatable bonds is 6. The highest BCUT2D eigenvalue weighted by Gasteiger charge is 2.34. The summed E-state index contributed by atoms with van der Waals surface area (Å²) in [5.74, 6) is 1.52. The van der Waals surface area contributed by atoms with E-state index in [-0.39, 0.29) is 5.91 Å². The Morgan fingerprint density at radius 2 is 2.14 bits per heavy atom. The lowest BCUT2D eigenvalue weighted by Gasteiger charge is -2.25. The average molecular weight is 289 g/mol. The molecule has 1 aromatic rings. The zero-order valence-electron chi connectivity index (χ0n) is 12.6. The molecule has 0 bridgehead atoms. The summed E-state index contributed by atoms with van der Waals surface area (Å²) in [5, 5.41) is 0. The van der Waals surface area contributed by atoms with Crippen LogP contribution < -0.4 is 4.74 Å². The Balaban J connectivity index is 1.66. The van der Waals surface area contributed by atoms with Gasteiger partial charge in [-0.05, 0) is 25.3 Å². The van der Waals surface area contributed by atoms with Gasteiger partial charge in [0.1, 0.15) is 5.75 Å². The van der Waals surface area contributed by atoms with Crippen molar-refractivity contribution in [2.45, 2.75) is 31.7 Å². The highest BCUT2D eigenvalue weighted by atomic mass is 16.5. The van der Waals surface area contributed by atoms with Gasteiger partial charge < -0.3 is 14.4 Å². The summed E-state index contributed by atoms with van der Waals surface area (Å²) in [6.45, 7) is 2.48. The predicted molar refractivity (Wildman–Crippen MR) is 80.4 cm³/mol. The van der Waals surface area contributed by atoms with Crippen molar-refractivity contribution in [1.29, 1.82) is 0 Å². The summed E-state index contributed by atoms with van der Waals surface area (Å²) in [6.07, 6.45) is 3.79. The van der Waals surface area contributed by atoms with E-state index in [1.807, 2.05) is 24.3 Å². The molecule has 0 radical (unpaired) electrons. The number of amides is 1. The molecule has 1 aliphatic carbocycles. The van der Waals surface area contributed by atoms with Gasteiger partial charge in [0.05, 0.1) is 20.1 Å². The Bertz CT molecular complexity index is 493. The number of carbonyl (C=O) groups excluding carboxylic acids is 1. The Labute approximate surface area is 126 Å². The third kappa shape index (κ3) is 3.56. The van der Waals surface area contributed by atoms with E-state index in [0.717, 1.165) is 50.3 Å². The topological polar surface area (TPSA) is 38.8 Å². The van der Waals surface area contributed by atoms with Crippen molar-refractivity contribution in [3.05, 3.63) is 29.8 Å². The third-order valence-corrected chi connectivity index (χ3v) is 4.32. The van der Waals surface area contributed by atoms with Crippen LogP contribution in [0.1, 0.15) is 24.8 Å². The summed E-state index contributed by atoms with van der Waals surface area (Å²) >= 11 is 0. The van der Waals surface area contributed by atoms with Gasteiger partial charge in [-0.15, -0.1) is 0 Å². The lowest BCUT2D eigenvalue weighted by molar-refractivity contribution is -0.131. The van der Waals surface area contributed by atoms with Gasteiger partial charge >= 0.3 is 0 Å². The number of carbonyl (C=O) groups is 1. The van der Waals surface area contributed by atoms with Gasteiger partial charge in [-0.25, -0.2) is 0 Å². The number of benzene rings is 1. The van der Waals surface area contributed by atoms with E-state index in [1.165, 1.54) is 0 Å². The largest absolute Gasteiger partial charge is 0.496 e. The van der Waals surface area contributed by atoms with Crippen LogP contribution in [0.4, 0.5) is 0 Å². The molecule has 2 aliphatic rings. The first-order chi connectivity index (χ1) is 10.3. The maximum absolute atomic E-state index is 12.7. The smallest absolute Gasteiger partial charge is 0.227 e. The third-order valence-electron chi connectivity index (χ3n) is 4.32. The van der Waals surface area contributed by atoms with E-state index in [1.54, 1.807) is 7.11 Å². The molecule has 1 heterocycles. The summed E-state index contributed by atoms with van der Waals surface area (Å²) < 4.78 is 10.8. The molecule has 1 saturated carbocycles. The number of methoxy groups -OCH3 is 1. The van der Waals surface area contributed by atoms with E-state index in [0.29, 0.717) is 18.4 Å². The van der Waals surface area contributed by atoms with Crippen LogP contribution in [0, 0.1) is 5.92 Å². The fourth-order valence-corrected chi connectivity index (χ4v) is 2.96. The molecular formula is C17H23NO3. The zero-order chi connectivity index (χ0) is 14.7. The van der Waals surface area contributed by atoms with Gasteiger partial charge in [0.15, 0.2) is 0 Å². The molecule has 0 aromatic heterocycles. The molecule has 1 atom stereocenters. The van der Waals surface area contributed by atoms with Gasteiger partial charge in [0, 0.05) is 30.7 Å². The Morgan fingerprint density at radius 1 is 1.33 bits per heavy atom. The molecule has 114 valence electrons. The molecule has 1 aliphatic heterocycles. The average Bonchev–Trinajstić information content (AvgIpc) is 3.21. The summed E-state index contributed by atoms with van der Waals surface area (Å²) in [5.41, 5.74) is 0.971. The summed E-state index contributed by atoms with van der Waals surface area (Å²) in [7, 11) is 1.65. The quantitative estimate of drug-likeness (QED) is 0.806. The second-order valence-corrected chi connectivity index (χ2v) is 6.00. The molecule has 1 unspecified atom stereocenters. The van der Waals surface area contributed by atoms with Crippen LogP contribution in [0.3, 0.4) is 0 Å². The molecule has 3 rings (SSSR count). The highest BCUT2D eigenvalue weighted by Crippen LogP contribution is 2.30. The molecule has 21 heavy (non-hydrogen) atoms. The van der Waals surface area contributed by atoms with Crippen molar-refractivity contribution >= 4 is 5.91 Å². The number of hydrogen-bond donors (Lipinski definition) is 0. The van der Waals surface area contributed by atoms with Crippen LogP contribution in [0.2, 0.25) is 0 Å². The van der Waals surface area contributed by atoms with E-state index in [4.69, 9.17) is 9.47 Å². The predicted octanol–water partition coefficient (Wildman–Crippen LogP) is 2.27. The molecule has 4 nitrogen and oxygen atoms in total. The van der Waals surface area contributed by atoms with E-state index >= 15 is 0 Å². The van der Waals surface area contributed by atoms with Gasteiger partial charge in [0.2, 0.25) is 5.91 Å². The molecular weight excluding hydrogens is 266 g/mol. The maximum atomic E-state index is 12.7. The molecule has 1 saturated heterocycles. The minimum Gasteiger partial charge on any atom is -0.496 e. The molecule has 2 fully saturated rings. The second-order valence-electron chi connectivity index (χ2n) is 6.00. The minimum atomic E-state index is 0.217. The number of nitrogens with zero attached hydrogens (tertiary/aromatic N) is 1. The first-order valence-corrected chi connectivity index (χ1v) is 7.77. The van der Waals surface area contributed by atoms with Gasteiger partial charge in [-0.1, -0.05) is 18.2 Å². The van der Waals surface area contributed by atoms with Crippen LogP contribution >= 0.6 is 0 Å². The fourth-order valence-electron chi connectivity index (χ4n) is 2.96. The molecule has 1 aromatic carbocycles. The molecule has 0 N–H and O–H groups in total. The summed E-state index contributed by atoms with van der Waals surface area (Å²) in [4.78, 5) is 14.8. The molecule has 4 heteroatoms. The SMILES string of the molecule is COc1ccccc1CC(=O)N(CC1CCOC1)C1CC1. The number of ether oxygens (including phenoxy) is 2. The highest BCUT2D eigenvalue weighted by molar-refractivity contribution is 5.80. The Kier molecular flexibility index (Phi) is 4.44. The maximum Gasteiger partial charge on any atom is 0.227 e. The second kappa shape index (κ2) is 6.48. The lowest BCUT2D eigenvalue weighted by atomic mass is 10.1. The molecule has 0 spiro atoms. The van der Waals surface area contributed by atoms with E-state index < -0.39 is 0 Å². The van der Waals surface area contributed by atoms with Crippen molar-refractivity contribution in [2.75, 3.05) is 26.9 Å². The van der Waals surface area contributed by atoms with Crippen LogP contribution in [-0.2, 0) is 16.0 Å². The monoisotopic (exact) mass is 289 g/mol. The lowest BCUT2D eigenvalue weighted by Crippen LogP contribution is -2.38. The van der Waals surface area contributed by atoms with Crippen molar-refractivity contribution in [3.63, 3.8) is 0 Å². The van der Waals surface area contributed by atoms with Crippen molar-refractivity contribution in [2.24, 2.45) is 5.92 Å². The van der Waals surface area contributed by atoms with Crippen molar-refractivity contribution < 1.29 is 14.3 Å². The number of para-hydroxylation sites is 1. The van der Waals surface area contributed by atoms with Gasteiger partial charge in [0.25, 0.3) is 0 Å². The first-order valence-electron chi connectivity index (χ1n) is 7.77. The van der Waals surface area contributed by atoms with Gasteiger partial charge in [-0.3, -0.25) is 4.79 Å². The van der Waals surface area contributed by atoms with Crippen LogP contribution in [0.15, 0.2) is 24.3 Å². The summed E-state index contributed by atoms with van der Waals surface area (Å²) in [6, 6.07) is 8.22. The Morgan fingerprint density at radius 3 is 2.81 bits per heavy atom. The van der Waals surface area contributed by atoms with E-state index in [2.05, 4.69) is 4.90 Å². The van der Waals surface area contributed by atoms with Crippen molar-refractivity contribution in [1.82, 2.24) is 4.90 Å². The van der Waals surface area contributed by atoms with Crippen LogP contribution in [-0.4, -0.2) is 43.7 Å². The normalized spacial score (nSPS) is 21.3. The fraction of sp³-hybridized carbons (Fsp3) is 0.588. The standard InChI is InChI=1S/C17H23NO3/c1-20-16-5-3-2-4-14(16)10-17(19)18(15-6-7-15)11-13-8-9-21-12-13/h2-5,13,15H,6-12H2,1H3. The van der Waals surface area contributed by atoms with Gasteiger partial charge in [-0.2, -0.15) is 0 Å². The zero-order valence-corrected chi connectivity index (χ0v) is 12.6. The first kappa shape index (κ1) is 14.4. The minimum absolute atomic E-state index is 0.217. The van der Waals surface area contributed by atoms with Crippen LogP contribution in [0.25, 0.3) is 0 Å². The molecule has 1 amide bonds. The van der Waals surface area contributed by atoms with E-state index in [9.17, 15) is 4.79 Å². The van der Waals surface area contributed by atoms with Crippen LogP contribution in [0.5, 0.6) is 5.75 Å². The van der Waals surface area contributed by atoms with Crippen molar-refractivity contribution in [3.8, 4) is 5.75 Å².